The maximum atomic E-state index is 11.5. The number of aliphatic carboxylic acids is 2. The van der Waals surface area contributed by atoms with E-state index in [-0.39, 0.29) is 32.1 Å². The topological polar surface area (TPSA) is 131 Å². The van der Waals surface area contributed by atoms with Crippen LogP contribution in [0.1, 0.15) is 6.92 Å². The summed E-state index contributed by atoms with van der Waals surface area (Å²) in [7, 11) is 0. The lowest BCUT2D eigenvalue weighted by Gasteiger charge is -2.32. The first kappa shape index (κ1) is 24.0. The van der Waals surface area contributed by atoms with Crippen molar-refractivity contribution in [1.82, 2.24) is 19.6 Å². The average Bonchev–Trinajstić information content (AvgIpc) is 2.59. The van der Waals surface area contributed by atoms with Crippen molar-refractivity contribution in [3.8, 4) is 0 Å². The van der Waals surface area contributed by atoms with Gasteiger partial charge in [0.05, 0.1) is 19.6 Å². The number of carbonyl (C=O) groups is 4. The first-order chi connectivity index (χ1) is 13.3. The van der Waals surface area contributed by atoms with Gasteiger partial charge in [0.1, 0.15) is 12.5 Å². The molecule has 0 spiro atoms. The van der Waals surface area contributed by atoms with E-state index < -0.39 is 11.9 Å². The number of ketones is 1. The van der Waals surface area contributed by atoms with Crippen molar-refractivity contribution in [2.24, 2.45) is 0 Å². The number of ether oxygens (including phenoxy) is 1. The van der Waals surface area contributed by atoms with E-state index in [9.17, 15) is 19.2 Å². The molecule has 0 aliphatic carbocycles. The monoisotopic (exact) mass is 402 g/mol. The molecule has 1 aliphatic rings. The minimum absolute atomic E-state index is 0.0141. The Morgan fingerprint density at radius 2 is 1.11 bits per heavy atom. The summed E-state index contributed by atoms with van der Waals surface area (Å²) < 4.78 is 4.84. The maximum absolute atomic E-state index is 11.5. The highest BCUT2D eigenvalue weighted by atomic mass is 16.5. The largest absolute Gasteiger partial charge is 0.480 e. The van der Waals surface area contributed by atoms with Crippen LogP contribution in [0.15, 0.2) is 0 Å². The average molecular weight is 402 g/mol. The third kappa shape index (κ3) is 10.9. The first-order valence-corrected chi connectivity index (χ1v) is 9.18. The van der Waals surface area contributed by atoms with Crippen molar-refractivity contribution >= 4 is 24.2 Å². The summed E-state index contributed by atoms with van der Waals surface area (Å²) in [6.45, 7) is 5.65. The van der Waals surface area contributed by atoms with Crippen LogP contribution in [0.25, 0.3) is 0 Å². The molecule has 0 bridgehead atoms. The molecule has 28 heavy (non-hydrogen) atoms. The molecule has 1 fully saturated rings. The van der Waals surface area contributed by atoms with Crippen molar-refractivity contribution in [2.45, 2.75) is 6.92 Å². The number of carboxylic acid groups (broad SMARTS) is 2. The van der Waals surface area contributed by atoms with Gasteiger partial charge in [-0.15, -0.1) is 0 Å². The van der Waals surface area contributed by atoms with Crippen molar-refractivity contribution in [3.63, 3.8) is 0 Å². The highest BCUT2D eigenvalue weighted by Gasteiger charge is 2.19. The van der Waals surface area contributed by atoms with Gasteiger partial charge < -0.3 is 14.9 Å². The quantitative estimate of drug-likeness (QED) is 0.419. The molecular formula is C17H30N4O7. The van der Waals surface area contributed by atoms with Crippen LogP contribution in [0.4, 0.5) is 0 Å². The number of carbonyl (C=O) groups excluding carboxylic acids is 2. The highest BCUT2D eigenvalue weighted by molar-refractivity contribution is 5.77. The van der Waals surface area contributed by atoms with Gasteiger partial charge in [0.2, 0.25) is 0 Å². The molecule has 160 valence electrons. The fraction of sp³-hybridized carbons (Fsp3) is 0.765. The van der Waals surface area contributed by atoms with Gasteiger partial charge in [-0.1, -0.05) is 0 Å². The number of carboxylic acids is 2. The number of hydrogen-bond donors (Lipinski definition) is 2. The predicted molar refractivity (Wildman–Crippen MR) is 98.9 cm³/mol. The number of nitrogens with zero attached hydrogens (tertiary/aromatic N) is 4. The molecule has 0 amide bonds. The number of hydrogen-bond acceptors (Lipinski definition) is 9. The molecule has 0 atom stereocenters. The molecule has 1 heterocycles. The van der Waals surface area contributed by atoms with Crippen molar-refractivity contribution in [2.75, 3.05) is 78.7 Å². The van der Waals surface area contributed by atoms with Gasteiger partial charge in [-0.2, -0.15) is 0 Å². The Morgan fingerprint density at radius 3 is 1.43 bits per heavy atom. The van der Waals surface area contributed by atoms with Gasteiger partial charge >= 0.3 is 11.9 Å². The molecule has 0 unspecified atom stereocenters. The zero-order chi connectivity index (χ0) is 20.9. The molecule has 0 radical (unpaired) electrons. The Balaban J connectivity index is 2.87. The second-order valence-corrected chi connectivity index (χ2v) is 6.83. The summed E-state index contributed by atoms with van der Waals surface area (Å²) >= 11 is 0. The van der Waals surface area contributed by atoms with Gasteiger partial charge in [-0.05, 0) is 6.92 Å². The lowest BCUT2D eigenvalue weighted by Crippen LogP contribution is -2.48. The van der Waals surface area contributed by atoms with E-state index in [0.717, 1.165) is 0 Å². The Hall–Kier alpha value is -2.08. The molecule has 11 heteroatoms. The van der Waals surface area contributed by atoms with Crippen molar-refractivity contribution in [3.05, 3.63) is 0 Å². The van der Waals surface area contributed by atoms with E-state index in [1.807, 2.05) is 9.80 Å². The second-order valence-electron chi connectivity index (χ2n) is 6.83. The van der Waals surface area contributed by atoms with Gasteiger partial charge in [0.15, 0.2) is 0 Å². The standard InChI is InChI=1S/C17H30N4O7/c1-15(23)10-18-2-3-19(11-16(24)25)4-5-20(12-17(26)27)7-9-21(8-6-18)13-28-14-22/h14H,2-13H2,1H3,(H,24,25)(H,26,27). The van der Waals surface area contributed by atoms with Crippen LogP contribution >= 0.6 is 0 Å². The summed E-state index contributed by atoms with van der Waals surface area (Å²) in [5.41, 5.74) is 0. The minimum atomic E-state index is -0.958. The Morgan fingerprint density at radius 1 is 0.750 bits per heavy atom. The van der Waals surface area contributed by atoms with E-state index in [2.05, 4.69) is 0 Å². The lowest BCUT2D eigenvalue weighted by atomic mass is 10.3. The van der Waals surface area contributed by atoms with Crippen LogP contribution in [-0.2, 0) is 23.9 Å². The predicted octanol–water partition coefficient (Wildman–Crippen LogP) is -1.90. The summed E-state index contributed by atoms with van der Waals surface area (Å²) in [6.07, 6.45) is 0. The lowest BCUT2D eigenvalue weighted by molar-refractivity contribution is -0.140. The molecule has 1 aliphatic heterocycles. The van der Waals surface area contributed by atoms with E-state index in [0.29, 0.717) is 58.8 Å². The smallest absolute Gasteiger partial charge is 0.317 e. The molecule has 0 aromatic carbocycles. The first-order valence-electron chi connectivity index (χ1n) is 9.18. The summed E-state index contributed by atoms with van der Waals surface area (Å²) in [4.78, 5) is 51.7. The van der Waals surface area contributed by atoms with Crippen LogP contribution in [0.2, 0.25) is 0 Å². The summed E-state index contributed by atoms with van der Waals surface area (Å²) in [5, 5.41) is 18.2. The van der Waals surface area contributed by atoms with E-state index >= 15 is 0 Å². The molecule has 11 nitrogen and oxygen atoms in total. The highest BCUT2D eigenvalue weighted by Crippen LogP contribution is 2.01. The van der Waals surface area contributed by atoms with Gasteiger partial charge in [0, 0.05) is 52.4 Å². The Bertz CT molecular complexity index is 500. The van der Waals surface area contributed by atoms with Crippen LogP contribution in [0.3, 0.4) is 0 Å². The molecule has 0 saturated carbocycles. The van der Waals surface area contributed by atoms with Crippen molar-refractivity contribution in [1.29, 1.82) is 0 Å². The minimum Gasteiger partial charge on any atom is -0.480 e. The van der Waals surface area contributed by atoms with Gasteiger partial charge in [0.25, 0.3) is 6.47 Å². The van der Waals surface area contributed by atoms with Crippen molar-refractivity contribution < 1.29 is 34.1 Å². The fourth-order valence-electron chi connectivity index (χ4n) is 3.02. The van der Waals surface area contributed by atoms with Crippen LogP contribution in [-0.4, -0.2) is 133 Å². The third-order valence-corrected chi connectivity index (χ3v) is 4.42. The summed E-state index contributed by atoms with van der Waals surface area (Å²) in [5.74, 6) is -1.90. The van der Waals surface area contributed by atoms with E-state index in [1.54, 1.807) is 9.80 Å². The zero-order valence-electron chi connectivity index (χ0n) is 16.3. The molecule has 0 aromatic rings. The molecular weight excluding hydrogens is 372 g/mol. The fourth-order valence-corrected chi connectivity index (χ4v) is 3.02. The number of Topliss-reactive ketones (excluding diaryl/α,β-unsaturated/α-hetero) is 1. The molecule has 0 aromatic heterocycles. The summed E-state index contributed by atoms with van der Waals surface area (Å²) in [6, 6.07) is 0. The van der Waals surface area contributed by atoms with E-state index in [4.69, 9.17) is 14.9 Å². The number of rotatable bonds is 9. The van der Waals surface area contributed by atoms with E-state index in [1.165, 1.54) is 6.92 Å². The zero-order valence-corrected chi connectivity index (χ0v) is 16.3. The maximum Gasteiger partial charge on any atom is 0.317 e. The van der Waals surface area contributed by atoms with Crippen LogP contribution < -0.4 is 0 Å². The third-order valence-electron chi connectivity index (χ3n) is 4.42. The molecule has 1 rings (SSSR count). The SMILES string of the molecule is CC(=O)CN1CCN(COC=O)CCN(CC(=O)O)CCN(CC(=O)O)CC1. The van der Waals surface area contributed by atoms with Gasteiger partial charge in [-0.25, -0.2) is 0 Å². The Kier molecular flexibility index (Phi) is 11.3. The van der Waals surface area contributed by atoms with Crippen LogP contribution in [0.5, 0.6) is 0 Å². The molecule has 2 N–H and O–H groups in total. The van der Waals surface area contributed by atoms with Crippen LogP contribution in [0, 0.1) is 0 Å². The molecule has 1 saturated heterocycles. The normalized spacial score (nSPS) is 19.3. The second kappa shape index (κ2) is 13.2. The Labute approximate surface area is 164 Å². The van der Waals surface area contributed by atoms with Gasteiger partial charge in [-0.3, -0.25) is 38.8 Å².